The van der Waals surface area contributed by atoms with Crippen LogP contribution in [0.4, 0.5) is 18.9 Å². The molecule has 0 aliphatic carbocycles. The van der Waals surface area contributed by atoms with Crippen LogP contribution in [0, 0.1) is 20.8 Å². The molecular formula is C26H30F3N5O. The van der Waals surface area contributed by atoms with Gasteiger partial charge in [0.2, 0.25) is 5.91 Å². The second kappa shape index (κ2) is 10.2. The number of carbonyl (C=O) groups excluding carboxylic acids is 1. The summed E-state index contributed by atoms with van der Waals surface area (Å²) < 4.78 is 40.1. The number of nitrogens with one attached hydrogen (secondary N) is 1. The smallest absolute Gasteiger partial charge is 0.322 e. The Labute approximate surface area is 203 Å². The molecule has 2 aromatic carbocycles. The van der Waals surface area contributed by atoms with Crippen LogP contribution in [-0.2, 0) is 17.5 Å². The minimum Gasteiger partial charge on any atom is -0.322 e. The van der Waals surface area contributed by atoms with E-state index in [-0.39, 0.29) is 12.5 Å². The third-order valence-corrected chi connectivity index (χ3v) is 6.35. The van der Waals surface area contributed by atoms with Crippen molar-refractivity contribution >= 4 is 11.6 Å². The maximum absolute atomic E-state index is 12.8. The van der Waals surface area contributed by atoms with Gasteiger partial charge in [0.1, 0.15) is 0 Å². The van der Waals surface area contributed by atoms with Crippen molar-refractivity contribution in [1.82, 2.24) is 19.6 Å². The van der Waals surface area contributed by atoms with Crippen molar-refractivity contribution < 1.29 is 18.0 Å². The van der Waals surface area contributed by atoms with Crippen LogP contribution < -0.4 is 5.32 Å². The first kappa shape index (κ1) is 24.9. The number of nitrogens with zero attached hydrogens (tertiary/aromatic N) is 4. The minimum atomic E-state index is -4.32. The molecule has 35 heavy (non-hydrogen) atoms. The topological polar surface area (TPSA) is 53.4 Å². The number of aromatic nitrogens is 2. The Bertz CT molecular complexity index is 1160. The molecule has 1 fully saturated rings. The predicted octanol–water partition coefficient (Wildman–Crippen LogP) is 4.57. The second-order valence-electron chi connectivity index (χ2n) is 9.09. The number of piperazine rings is 1. The lowest BCUT2D eigenvalue weighted by atomic mass is 10.1. The number of hydrogen-bond acceptors (Lipinski definition) is 4. The molecule has 2 heterocycles. The van der Waals surface area contributed by atoms with Gasteiger partial charge in [0.15, 0.2) is 0 Å². The van der Waals surface area contributed by atoms with Crippen LogP contribution in [0.15, 0.2) is 48.5 Å². The van der Waals surface area contributed by atoms with Crippen molar-refractivity contribution in [2.75, 3.05) is 38.0 Å². The van der Waals surface area contributed by atoms with Gasteiger partial charge in [-0.25, -0.2) is 4.68 Å². The third kappa shape index (κ3) is 6.10. The summed E-state index contributed by atoms with van der Waals surface area (Å²) in [5.41, 5.74) is 4.70. The molecule has 9 heteroatoms. The Morgan fingerprint density at radius 2 is 1.51 bits per heavy atom. The van der Waals surface area contributed by atoms with Gasteiger partial charge in [0, 0.05) is 32.7 Å². The van der Waals surface area contributed by atoms with E-state index in [9.17, 15) is 18.0 Å². The van der Waals surface area contributed by atoms with Gasteiger partial charge in [-0.3, -0.25) is 14.6 Å². The summed E-state index contributed by atoms with van der Waals surface area (Å²) in [6, 6.07) is 13.4. The van der Waals surface area contributed by atoms with E-state index < -0.39 is 11.7 Å². The lowest BCUT2D eigenvalue weighted by Crippen LogP contribution is -2.48. The van der Waals surface area contributed by atoms with Gasteiger partial charge >= 0.3 is 6.18 Å². The number of halogens is 3. The van der Waals surface area contributed by atoms with Crippen molar-refractivity contribution in [3.05, 3.63) is 76.6 Å². The van der Waals surface area contributed by atoms with Crippen LogP contribution >= 0.6 is 0 Å². The molecule has 186 valence electrons. The lowest BCUT2D eigenvalue weighted by Gasteiger charge is -2.34. The zero-order valence-corrected chi connectivity index (χ0v) is 20.2. The van der Waals surface area contributed by atoms with Crippen LogP contribution in [0.3, 0.4) is 0 Å². The molecule has 1 aliphatic heterocycles. The largest absolute Gasteiger partial charge is 0.416 e. The SMILES string of the molecule is Cc1ccc(-n2nc(C)c(NC(=O)CN3CCN(Cc4ccc(C(F)(F)F)cc4)CC3)c2C)cc1. The summed E-state index contributed by atoms with van der Waals surface area (Å²) in [6.45, 7) is 9.66. The summed E-state index contributed by atoms with van der Waals surface area (Å²) in [5.74, 6) is -0.0872. The number of benzene rings is 2. The molecule has 3 aromatic rings. The van der Waals surface area contributed by atoms with Gasteiger partial charge in [-0.1, -0.05) is 29.8 Å². The normalized spacial score (nSPS) is 15.4. The van der Waals surface area contributed by atoms with Gasteiger partial charge in [0.25, 0.3) is 0 Å². The summed E-state index contributed by atoms with van der Waals surface area (Å²) in [4.78, 5) is 17.0. The molecule has 1 N–H and O–H groups in total. The van der Waals surface area contributed by atoms with Crippen LogP contribution in [-0.4, -0.2) is 58.2 Å². The summed E-state index contributed by atoms with van der Waals surface area (Å²) in [6.07, 6.45) is -4.32. The first-order valence-electron chi connectivity index (χ1n) is 11.6. The molecule has 1 aromatic heterocycles. The Kier molecular flexibility index (Phi) is 7.28. The van der Waals surface area contributed by atoms with E-state index in [0.29, 0.717) is 19.6 Å². The molecule has 1 aliphatic rings. The van der Waals surface area contributed by atoms with E-state index in [1.54, 1.807) is 0 Å². The van der Waals surface area contributed by atoms with E-state index in [4.69, 9.17) is 0 Å². The number of alkyl halides is 3. The Morgan fingerprint density at radius 3 is 2.11 bits per heavy atom. The highest BCUT2D eigenvalue weighted by molar-refractivity contribution is 5.93. The quantitative estimate of drug-likeness (QED) is 0.556. The highest BCUT2D eigenvalue weighted by Crippen LogP contribution is 2.29. The van der Waals surface area contributed by atoms with Crippen LogP contribution in [0.2, 0.25) is 0 Å². The average Bonchev–Trinajstić information content (AvgIpc) is 3.09. The molecule has 1 amide bonds. The third-order valence-electron chi connectivity index (χ3n) is 6.35. The summed E-state index contributed by atoms with van der Waals surface area (Å²) in [7, 11) is 0. The second-order valence-corrected chi connectivity index (χ2v) is 9.09. The van der Waals surface area contributed by atoms with Crippen molar-refractivity contribution in [2.45, 2.75) is 33.5 Å². The van der Waals surface area contributed by atoms with E-state index in [0.717, 1.165) is 53.5 Å². The van der Waals surface area contributed by atoms with Crippen molar-refractivity contribution in [3.8, 4) is 5.69 Å². The molecule has 0 atom stereocenters. The first-order chi connectivity index (χ1) is 16.6. The lowest BCUT2D eigenvalue weighted by molar-refractivity contribution is -0.137. The van der Waals surface area contributed by atoms with E-state index in [1.165, 1.54) is 17.7 Å². The zero-order chi connectivity index (χ0) is 25.2. The standard InChI is InChI=1S/C26H30F3N5O/c1-18-4-10-23(11-5-18)34-20(3)25(19(2)31-34)30-24(35)17-33-14-12-32(13-15-33)16-21-6-8-22(9-7-21)26(27,28)29/h4-11H,12-17H2,1-3H3,(H,30,35). The van der Waals surface area contributed by atoms with Crippen LogP contribution in [0.25, 0.3) is 5.69 Å². The molecule has 6 nitrogen and oxygen atoms in total. The van der Waals surface area contributed by atoms with Gasteiger partial charge in [-0.05, 0) is 50.6 Å². The monoisotopic (exact) mass is 485 g/mol. The maximum Gasteiger partial charge on any atom is 0.416 e. The molecule has 0 radical (unpaired) electrons. The van der Waals surface area contributed by atoms with Crippen molar-refractivity contribution in [2.24, 2.45) is 0 Å². The number of aryl methyl sites for hydroxylation is 2. The first-order valence-corrected chi connectivity index (χ1v) is 11.6. The van der Waals surface area contributed by atoms with Crippen molar-refractivity contribution in [3.63, 3.8) is 0 Å². The van der Waals surface area contributed by atoms with Crippen LogP contribution in [0.1, 0.15) is 28.1 Å². The van der Waals surface area contributed by atoms with E-state index in [1.807, 2.05) is 49.7 Å². The fourth-order valence-corrected chi connectivity index (χ4v) is 4.31. The van der Waals surface area contributed by atoms with Gasteiger partial charge < -0.3 is 5.32 Å². The van der Waals surface area contributed by atoms with Gasteiger partial charge in [-0.2, -0.15) is 18.3 Å². The molecule has 0 spiro atoms. The van der Waals surface area contributed by atoms with Gasteiger partial charge in [0.05, 0.1) is 34.9 Å². The molecule has 0 bridgehead atoms. The number of anilines is 1. The number of amides is 1. The molecular weight excluding hydrogens is 455 g/mol. The number of hydrogen-bond donors (Lipinski definition) is 1. The predicted molar refractivity (Wildman–Crippen MR) is 130 cm³/mol. The van der Waals surface area contributed by atoms with Gasteiger partial charge in [-0.15, -0.1) is 0 Å². The molecule has 1 saturated heterocycles. The number of rotatable bonds is 6. The average molecular weight is 486 g/mol. The van der Waals surface area contributed by atoms with E-state index >= 15 is 0 Å². The summed E-state index contributed by atoms with van der Waals surface area (Å²) in [5, 5.41) is 7.62. The molecule has 0 unspecified atom stereocenters. The summed E-state index contributed by atoms with van der Waals surface area (Å²) >= 11 is 0. The molecule has 0 saturated carbocycles. The van der Waals surface area contributed by atoms with E-state index in [2.05, 4.69) is 20.2 Å². The number of carbonyl (C=O) groups is 1. The minimum absolute atomic E-state index is 0.0872. The Morgan fingerprint density at radius 1 is 0.914 bits per heavy atom. The maximum atomic E-state index is 12.8. The highest BCUT2D eigenvalue weighted by Gasteiger charge is 2.30. The molecule has 4 rings (SSSR count). The Hall–Kier alpha value is -3.17. The van der Waals surface area contributed by atoms with Crippen molar-refractivity contribution in [1.29, 1.82) is 0 Å². The highest BCUT2D eigenvalue weighted by atomic mass is 19.4. The fraction of sp³-hybridized carbons (Fsp3) is 0.385. The Balaban J connectivity index is 1.28. The fourth-order valence-electron chi connectivity index (χ4n) is 4.31. The zero-order valence-electron chi connectivity index (χ0n) is 20.2. The van der Waals surface area contributed by atoms with Crippen LogP contribution in [0.5, 0.6) is 0 Å².